The van der Waals surface area contributed by atoms with Crippen LogP contribution in [0.3, 0.4) is 0 Å². The number of rotatable bonds is 7. The van der Waals surface area contributed by atoms with Crippen LogP contribution < -0.4 is 4.74 Å². The van der Waals surface area contributed by atoms with Crippen molar-refractivity contribution in [2.75, 3.05) is 45.9 Å². The van der Waals surface area contributed by atoms with Gasteiger partial charge in [-0.2, -0.15) is 0 Å². The molecule has 146 valence electrons. The Kier molecular flexibility index (Phi) is 10.9. The Morgan fingerprint density at radius 2 is 1.69 bits per heavy atom. The molecule has 2 rings (SSSR count). The van der Waals surface area contributed by atoms with E-state index < -0.39 is 11.9 Å². The Morgan fingerprint density at radius 3 is 2.23 bits per heavy atom. The van der Waals surface area contributed by atoms with E-state index in [9.17, 15) is 0 Å². The van der Waals surface area contributed by atoms with Crippen LogP contribution in [0.2, 0.25) is 0 Å². The maximum Gasteiger partial charge on any atom is 0.414 e. The van der Waals surface area contributed by atoms with Gasteiger partial charge in [0.2, 0.25) is 0 Å². The number of piperazine rings is 1. The highest BCUT2D eigenvalue weighted by Gasteiger charge is 2.14. The number of carbonyl (C=O) groups is 2. The van der Waals surface area contributed by atoms with Crippen molar-refractivity contribution >= 4 is 27.9 Å². The van der Waals surface area contributed by atoms with E-state index in [1.807, 2.05) is 24.3 Å². The lowest BCUT2D eigenvalue weighted by Gasteiger charge is -2.33. The number of likely N-dealkylation sites (N-methyl/N-ethyl adjacent to an activating group) is 1. The van der Waals surface area contributed by atoms with E-state index in [2.05, 4.69) is 32.7 Å². The zero-order chi connectivity index (χ0) is 19.4. The molecule has 2 N–H and O–H groups in total. The molecule has 1 heterocycles. The van der Waals surface area contributed by atoms with Gasteiger partial charge in [-0.1, -0.05) is 28.9 Å². The van der Waals surface area contributed by atoms with Gasteiger partial charge in [0, 0.05) is 30.7 Å². The zero-order valence-corrected chi connectivity index (χ0v) is 16.7. The topological polar surface area (TPSA) is 90.3 Å². The number of aliphatic carboxylic acids is 2. The second-order valence-electron chi connectivity index (χ2n) is 5.90. The quantitative estimate of drug-likeness (QED) is 0.506. The fourth-order valence-corrected chi connectivity index (χ4v) is 2.89. The molecule has 1 aliphatic heterocycles. The molecule has 0 unspecified atom stereocenters. The highest BCUT2D eigenvalue weighted by atomic mass is 79.9. The highest BCUT2D eigenvalue weighted by Crippen LogP contribution is 2.17. The van der Waals surface area contributed by atoms with E-state index in [4.69, 9.17) is 24.5 Å². The molecule has 7 nitrogen and oxygen atoms in total. The molecule has 0 amide bonds. The molecule has 1 fully saturated rings. The minimum absolute atomic E-state index is 0.811. The molecular formula is C18H27BrN2O5. The molecule has 0 aliphatic carbocycles. The number of carboxylic acids is 2. The fraction of sp³-hybridized carbons (Fsp3) is 0.556. The van der Waals surface area contributed by atoms with Crippen molar-refractivity contribution in [1.82, 2.24) is 9.80 Å². The van der Waals surface area contributed by atoms with E-state index in [1.54, 1.807) is 0 Å². The van der Waals surface area contributed by atoms with E-state index in [1.165, 1.54) is 45.7 Å². The fourth-order valence-electron chi connectivity index (χ4n) is 2.51. The van der Waals surface area contributed by atoms with Gasteiger partial charge in [-0.25, -0.2) is 9.59 Å². The monoisotopic (exact) mass is 430 g/mol. The summed E-state index contributed by atoms with van der Waals surface area (Å²) in [5.74, 6) is -2.69. The van der Waals surface area contributed by atoms with Crippen LogP contribution in [0.5, 0.6) is 5.75 Å². The number of carboxylic acid groups (broad SMARTS) is 2. The van der Waals surface area contributed by atoms with Gasteiger partial charge in [0.1, 0.15) is 5.75 Å². The van der Waals surface area contributed by atoms with Gasteiger partial charge in [-0.3, -0.25) is 0 Å². The van der Waals surface area contributed by atoms with Crippen LogP contribution in [-0.4, -0.2) is 77.8 Å². The Morgan fingerprint density at radius 1 is 1.08 bits per heavy atom. The van der Waals surface area contributed by atoms with Crippen LogP contribution in [0, 0.1) is 0 Å². The highest BCUT2D eigenvalue weighted by molar-refractivity contribution is 9.10. The predicted octanol–water partition coefficient (Wildman–Crippen LogP) is 2.40. The number of benzene rings is 1. The number of nitrogens with zero attached hydrogens (tertiary/aromatic N) is 2. The first-order valence-corrected chi connectivity index (χ1v) is 9.51. The summed E-state index contributed by atoms with van der Waals surface area (Å²) < 4.78 is 6.83. The molecule has 0 atom stereocenters. The number of ether oxygens (including phenoxy) is 1. The molecule has 8 heteroatoms. The Balaban J connectivity index is 0.000000487. The largest absolute Gasteiger partial charge is 0.494 e. The predicted molar refractivity (Wildman–Crippen MR) is 103 cm³/mol. The van der Waals surface area contributed by atoms with E-state index in [0.29, 0.717) is 0 Å². The van der Waals surface area contributed by atoms with Gasteiger partial charge in [-0.15, -0.1) is 0 Å². The van der Waals surface area contributed by atoms with Gasteiger partial charge < -0.3 is 24.7 Å². The molecule has 0 spiro atoms. The van der Waals surface area contributed by atoms with Crippen molar-refractivity contribution in [1.29, 1.82) is 0 Å². The number of halogens is 1. The van der Waals surface area contributed by atoms with Crippen molar-refractivity contribution in [3.63, 3.8) is 0 Å². The summed E-state index contributed by atoms with van der Waals surface area (Å²) in [6, 6.07) is 8.05. The van der Waals surface area contributed by atoms with E-state index in [0.717, 1.165) is 23.2 Å². The van der Waals surface area contributed by atoms with Crippen LogP contribution in [-0.2, 0) is 9.59 Å². The summed E-state index contributed by atoms with van der Waals surface area (Å²) in [5.41, 5.74) is 0. The lowest BCUT2D eigenvalue weighted by atomic mass is 10.2. The van der Waals surface area contributed by atoms with Crippen LogP contribution >= 0.6 is 15.9 Å². The van der Waals surface area contributed by atoms with Crippen LogP contribution in [0.15, 0.2) is 28.7 Å². The molecule has 1 saturated heterocycles. The molecule has 1 aromatic rings. The molecule has 0 bridgehead atoms. The van der Waals surface area contributed by atoms with E-state index >= 15 is 0 Å². The lowest BCUT2D eigenvalue weighted by Crippen LogP contribution is -2.46. The maximum atomic E-state index is 9.10. The molecule has 0 radical (unpaired) electrons. The Bertz CT molecular complexity index is 550. The standard InChI is InChI=1S/C16H25BrN2O.C2H2O4/c1-2-18-9-11-19(12-10-18)8-3-4-13-20-16-7-5-6-15(17)14-16;3-1(4)2(5)6/h5-7,14H,2-4,8-13H2,1H3;(H,3,4)(H,5,6). The lowest BCUT2D eigenvalue weighted by molar-refractivity contribution is -0.159. The molecule has 26 heavy (non-hydrogen) atoms. The summed E-state index contributed by atoms with van der Waals surface area (Å²) in [7, 11) is 0. The first kappa shape index (κ1) is 22.4. The van der Waals surface area contributed by atoms with Crippen molar-refractivity contribution in [3.8, 4) is 5.75 Å². The first-order valence-electron chi connectivity index (χ1n) is 8.71. The normalized spacial score (nSPS) is 15.0. The minimum atomic E-state index is -1.82. The SMILES string of the molecule is CCN1CCN(CCCCOc2cccc(Br)c2)CC1.O=C(O)C(=O)O. The summed E-state index contributed by atoms with van der Waals surface area (Å²) >= 11 is 3.46. The zero-order valence-electron chi connectivity index (χ0n) is 15.1. The van der Waals surface area contributed by atoms with Crippen molar-refractivity contribution < 1.29 is 24.5 Å². The Hall–Kier alpha value is -1.64. The number of hydrogen-bond acceptors (Lipinski definition) is 5. The van der Waals surface area contributed by atoms with Crippen molar-refractivity contribution in [2.24, 2.45) is 0 Å². The van der Waals surface area contributed by atoms with Gasteiger partial charge in [0.25, 0.3) is 0 Å². The molecule has 0 aromatic heterocycles. The number of unbranched alkanes of at least 4 members (excludes halogenated alkanes) is 1. The third-order valence-electron chi connectivity index (χ3n) is 4.03. The molecule has 1 aromatic carbocycles. The maximum absolute atomic E-state index is 9.10. The average Bonchev–Trinajstić information content (AvgIpc) is 2.62. The minimum Gasteiger partial charge on any atom is -0.494 e. The second-order valence-corrected chi connectivity index (χ2v) is 6.81. The molecular weight excluding hydrogens is 404 g/mol. The van der Waals surface area contributed by atoms with Crippen LogP contribution in [0.25, 0.3) is 0 Å². The van der Waals surface area contributed by atoms with Gasteiger partial charge >= 0.3 is 11.9 Å². The number of hydrogen-bond donors (Lipinski definition) is 2. The Labute approximate surface area is 162 Å². The van der Waals surface area contributed by atoms with E-state index in [-0.39, 0.29) is 0 Å². The average molecular weight is 431 g/mol. The van der Waals surface area contributed by atoms with Crippen LogP contribution in [0.4, 0.5) is 0 Å². The van der Waals surface area contributed by atoms with Crippen molar-refractivity contribution in [3.05, 3.63) is 28.7 Å². The summed E-state index contributed by atoms with van der Waals surface area (Å²) in [6.07, 6.45) is 2.35. The van der Waals surface area contributed by atoms with Gasteiger partial charge in [-0.05, 0) is 44.1 Å². The summed E-state index contributed by atoms with van der Waals surface area (Å²) in [5, 5.41) is 14.8. The third-order valence-corrected chi connectivity index (χ3v) is 4.52. The smallest absolute Gasteiger partial charge is 0.414 e. The third kappa shape index (κ3) is 9.74. The first-order chi connectivity index (χ1) is 12.4. The molecule has 1 aliphatic rings. The molecule has 0 saturated carbocycles. The second kappa shape index (κ2) is 12.7. The van der Waals surface area contributed by atoms with Gasteiger partial charge in [0.05, 0.1) is 6.61 Å². The summed E-state index contributed by atoms with van der Waals surface area (Å²) in [4.78, 5) is 23.3. The van der Waals surface area contributed by atoms with Crippen LogP contribution in [0.1, 0.15) is 19.8 Å². The summed E-state index contributed by atoms with van der Waals surface area (Å²) in [6.45, 7) is 10.4. The van der Waals surface area contributed by atoms with Crippen molar-refractivity contribution in [2.45, 2.75) is 19.8 Å². The van der Waals surface area contributed by atoms with Gasteiger partial charge in [0.15, 0.2) is 0 Å².